The van der Waals surface area contributed by atoms with Crippen LogP contribution in [0.15, 0.2) is 6.07 Å². The van der Waals surface area contributed by atoms with E-state index in [9.17, 15) is 9.59 Å². The Bertz CT molecular complexity index is 912. The number of carbonyl (C=O) groups excluding carboxylic acids is 2. The molecule has 158 valence electrons. The molecule has 3 heterocycles. The molecule has 2 N–H and O–H groups in total. The number of nitrogens with zero attached hydrogens (tertiary/aromatic N) is 5. The Morgan fingerprint density at radius 2 is 1.90 bits per heavy atom. The minimum atomic E-state index is -0.247. The van der Waals surface area contributed by atoms with Gasteiger partial charge in [-0.05, 0) is 26.8 Å². The van der Waals surface area contributed by atoms with Gasteiger partial charge in [-0.3, -0.25) is 14.2 Å². The van der Waals surface area contributed by atoms with Crippen LogP contribution in [-0.4, -0.2) is 42.9 Å². The van der Waals surface area contributed by atoms with E-state index in [2.05, 4.69) is 20.8 Å². The van der Waals surface area contributed by atoms with E-state index in [4.69, 9.17) is 0 Å². The lowest BCUT2D eigenvalue weighted by atomic mass is 10.1. The molecule has 0 bridgehead atoms. The molecule has 0 aromatic carbocycles. The van der Waals surface area contributed by atoms with Crippen LogP contribution in [0.25, 0.3) is 0 Å². The molecule has 0 saturated carbocycles. The molecule has 2 aromatic rings. The molecule has 0 saturated heterocycles. The Labute approximate surface area is 171 Å². The largest absolute Gasteiger partial charge is 0.335 e. The smallest absolute Gasteiger partial charge is 0.315 e. The summed E-state index contributed by atoms with van der Waals surface area (Å²) in [5.74, 6) is 0.148. The summed E-state index contributed by atoms with van der Waals surface area (Å²) in [7, 11) is 1.90. The lowest BCUT2D eigenvalue weighted by molar-refractivity contribution is -0.136. The van der Waals surface area contributed by atoms with Crippen LogP contribution in [0.4, 0.5) is 4.79 Å². The van der Waals surface area contributed by atoms with Crippen LogP contribution in [0, 0.1) is 19.8 Å². The zero-order valence-electron chi connectivity index (χ0n) is 18.1. The third kappa shape index (κ3) is 4.44. The Morgan fingerprint density at radius 1 is 1.17 bits per heavy atom. The van der Waals surface area contributed by atoms with Crippen molar-refractivity contribution in [1.82, 2.24) is 35.1 Å². The van der Waals surface area contributed by atoms with Gasteiger partial charge in [-0.1, -0.05) is 13.8 Å². The summed E-state index contributed by atoms with van der Waals surface area (Å²) in [6, 6.07) is 1.57. The highest BCUT2D eigenvalue weighted by Crippen LogP contribution is 2.20. The number of aromatic nitrogens is 4. The SMILES string of the molecule is Cc1nn(C)c(C)c1C(C)NC(=O)NCc1cc2n(n1)CCN(C(=O)C(C)C)C2. The number of amides is 3. The minimum Gasteiger partial charge on any atom is -0.335 e. The van der Waals surface area contributed by atoms with E-state index in [0.717, 1.165) is 28.3 Å². The normalized spacial score (nSPS) is 14.7. The number of fused-ring (bicyclic) bond motifs is 1. The molecule has 29 heavy (non-hydrogen) atoms. The van der Waals surface area contributed by atoms with Gasteiger partial charge in [-0.2, -0.15) is 10.2 Å². The molecular formula is C20H31N7O2. The van der Waals surface area contributed by atoms with Crippen molar-refractivity contribution < 1.29 is 9.59 Å². The lowest BCUT2D eigenvalue weighted by Crippen LogP contribution is -2.40. The van der Waals surface area contributed by atoms with Crippen LogP contribution in [0.1, 0.15) is 55.2 Å². The fourth-order valence-corrected chi connectivity index (χ4v) is 3.87. The number of urea groups is 1. The molecular weight excluding hydrogens is 370 g/mol. The van der Waals surface area contributed by atoms with Crippen LogP contribution in [0.5, 0.6) is 0 Å². The molecule has 3 rings (SSSR count). The van der Waals surface area contributed by atoms with Crippen molar-refractivity contribution in [2.24, 2.45) is 13.0 Å². The van der Waals surface area contributed by atoms with E-state index in [1.54, 1.807) is 0 Å². The molecule has 1 aliphatic rings. The zero-order chi connectivity index (χ0) is 21.3. The van der Waals surface area contributed by atoms with E-state index < -0.39 is 0 Å². The van der Waals surface area contributed by atoms with Gasteiger partial charge in [0.15, 0.2) is 0 Å². The van der Waals surface area contributed by atoms with Gasteiger partial charge >= 0.3 is 6.03 Å². The highest BCUT2D eigenvalue weighted by atomic mass is 16.2. The summed E-state index contributed by atoms with van der Waals surface area (Å²) in [6.45, 7) is 12.0. The molecule has 0 spiro atoms. The number of carbonyl (C=O) groups is 2. The Kier molecular flexibility index (Phi) is 5.95. The van der Waals surface area contributed by atoms with Crippen molar-refractivity contribution in [2.75, 3.05) is 6.54 Å². The average molecular weight is 402 g/mol. The van der Waals surface area contributed by atoms with Crippen molar-refractivity contribution >= 4 is 11.9 Å². The van der Waals surface area contributed by atoms with E-state index in [1.807, 2.05) is 62.0 Å². The van der Waals surface area contributed by atoms with Gasteiger partial charge in [0.25, 0.3) is 0 Å². The number of nitrogens with one attached hydrogen (secondary N) is 2. The van der Waals surface area contributed by atoms with Crippen molar-refractivity contribution in [3.05, 3.63) is 34.4 Å². The second kappa shape index (κ2) is 8.26. The van der Waals surface area contributed by atoms with Crippen LogP contribution in [0.2, 0.25) is 0 Å². The topological polar surface area (TPSA) is 97.1 Å². The fraction of sp³-hybridized carbons (Fsp3) is 0.600. The average Bonchev–Trinajstić information content (AvgIpc) is 3.18. The monoisotopic (exact) mass is 401 g/mol. The summed E-state index contributed by atoms with van der Waals surface area (Å²) in [4.78, 5) is 26.4. The maximum atomic E-state index is 12.4. The maximum absolute atomic E-state index is 12.4. The molecule has 1 aliphatic heterocycles. The van der Waals surface area contributed by atoms with Gasteiger partial charge in [0, 0.05) is 30.8 Å². The molecule has 0 fully saturated rings. The highest BCUT2D eigenvalue weighted by molar-refractivity contribution is 5.78. The van der Waals surface area contributed by atoms with Gasteiger partial charge in [0.2, 0.25) is 5.91 Å². The second-order valence-corrected chi connectivity index (χ2v) is 8.02. The van der Waals surface area contributed by atoms with Crippen molar-refractivity contribution in [2.45, 2.75) is 60.3 Å². The fourth-order valence-electron chi connectivity index (χ4n) is 3.87. The first-order chi connectivity index (χ1) is 13.7. The Morgan fingerprint density at radius 3 is 2.52 bits per heavy atom. The van der Waals surface area contributed by atoms with E-state index >= 15 is 0 Å². The molecule has 1 atom stereocenters. The highest BCUT2D eigenvalue weighted by Gasteiger charge is 2.24. The van der Waals surface area contributed by atoms with E-state index in [1.165, 1.54) is 0 Å². The molecule has 1 unspecified atom stereocenters. The molecule has 9 nitrogen and oxygen atoms in total. The lowest BCUT2D eigenvalue weighted by Gasteiger charge is -2.29. The first kappa shape index (κ1) is 20.9. The van der Waals surface area contributed by atoms with Crippen LogP contribution >= 0.6 is 0 Å². The first-order valence-corrected chi connectivity index (χ1v) is 10.1. The van der Waals surface area contributed by atoms with Gasteiger partial charge in [0.1, 0.15) is 0 Å². The van der Waals surface area contributed by atoms with Crippen LogP contribution in [0.3, 0.4) is 0 Å². The van der Waals surface area contributed by atoms with Gasteiger partial charge in [0.05, 0.1) is 42.8 Å². The number of hydrogen-bond donors (Lipinski definition) is 2. The van der Waals surface area contributed by atoms with Gasteiger partial charge in [-0.15, -0.1) is 0 Å². The zero-order valence-corrected chi connectivity index (χ0v) is 18.1. The quantitative estimate of drug-likeness (QED) is 0.798. The second-order valence-electron chi connectivity index (χ2n) is 8.02. The van der Waals surface area contributed by atoms with Crippen LogP contribution in [-0.2, 0) is 31.5 Å². The summed E-state index contributed by atoms with van der Waals surface area (Å²) < 4.78 is 3.74. The maximum Gasteiger partial charge on any atom is 0.315 e. The number of aryl methyl sites for hydroxylation is 2. The third-order valence-corrected chi connectivity index (χ3v) is 5.43. The van der Waals surface area contributed by atoms with Gasteiger partial charge in [-0.25, -0.2) is 4.79 Å². The molecule has 3 amide bonds. The predicted molar refractivity (Wildman–Crippen MR) is 109 cm³/mol. The molecule has 0 radical (unpaired) electrons. The molecule has 2 aromatic heterocycles. The van der Waals surface area contributed by atoms with Crippen molar-refractivity contribution in [3.63, 3.8) is 0 Å². The number of rotatable bonds is 5. The van der Waals surface area contributed by atoms with Crippen molar-refractivity contribution in [3.8, 4) is 0 Å². The minimum absolute atomic E-state index is 0.0108. The molecule has 0 aliphatic carbocycles. The summed E-state index contributed by atoms with van der Waals surface area (Å²) in [5.41, 5.74) is 4.78. The number of hydrogen-bond acceptors (Lipinski definition) is 4. The third-order valence-electron chi connectivity index (χ3n) is 5.43. The first-order valence-electron chi connectivity index (χ1n) is 10.1. The Balaban J connectivity index is 1.56. The predicted octanol–water partition coefficient (Wildman–Crippen LogP) is 1.79. The summed E-state index contributed by atoms with van der Waals surface area (Å²) >= 11 is 0. The molecule has 9 heteroatoms. The van der Waals surface area contributed by atoms with Gasteiger partial charge < -0.3 is 15.5 Å². The van der Waals surface area contributed by atoms with Crippen LogP contribution < -0.4 is 10.6 Å². The standard InChI is InChI=1S/C20H31N7O2/c1-12(2)19(28)26-7-8-27-17(11-26)9-16(24-27)10-21-20(29)22-13(3)18-14(4)23-25(6)15(18)5/h9,12-13H,7-8,10-11H2,1-6H3,(H2,21,22,29). The van der Waals surface area contributed by atoms with E-state index in [-0.39, 0.29) is 23.9 Å². The Hall–Kier alpha value is -2.84. The van der Waals surface area contributed by atoms with E-state index in [0.29, 0.717) is 26.2 Å². The summed E-state index contributed by atoms with van der Waals surface area (Å²) in [6.07, 6.45) is 0. The summed E-state index contributed by atoms with van der Waals surface area (Å²) in [5, 5.41) is 14.8. The van der Waals surface area contributed by atoms with Crippen molar-refractivity contribution in [1.29, 1.82) is 0 Å².